The van der Waals surface area contributed by atoms with Crippen LogP contribution in [0.4, 0.5) is 22.4 Å². The molecule has 4 aromatic rings. The summed E-state index contributed by atoms with van der Waals surface area (Å²) in [6.07, 6.45) is -3.19. The third-order valence-corrected chi connectivity index (χ3v) is 6.68. The van der Waals surface area contributed by atoms with E-state index in [0.717, 1.165) is 34.1 Å². The number of halogens is 6. The van der Waals surface area contributed by atoms with Crippen molar-refractivity contribution in [2.24, 2.45) is 0 Å². The molecule has 0 saturated heterocycles. The van der Waals surface area contributed by atoms with Gasteiger partial charge in [-0.2, -0.15) is 13.2 Å². The Kier molecular flexibility index (Phi) is 8.45. The van der Waals surface area contributed by atoms with Gasteiger partial charge in [-0.15, -0.1) is 10.2 Å². The molecule has 40 heavy (non-hydrogen) atoms. The van der Waals surface area contributed by atoms with Crippen molar-refractivity contribution in [1.29, 1.82) is 0 Å². The quantitative estimate of drug-likeness (QED) is 0.235. The van der Waals surface area contributed by atoms with E-state index in [1.807, 2.05) is 0 Å². The molecule has 1 atom stereocenters. The summed E-state index contributed by atoms with van der Waals surface area (Å²) in [5.41, 5.74) is -1.22. The van der Waals surface area contributed by atoms with E-state index in [0.29, 0.717) is 0 Å². The Balaban J connectivity index is 1.51. The number of alkyl carbamates (subject to hydrolysis) is 1. The third-order valence-electron chi connectivity index (χ3n) is 5.11. The topological polar surface area (TPSA) is 111 Å². The standard InChI is InChI=1S/C24H21Cl2F4N5O4S/c1-23(2,3)39-22(37)31-12(9-36)10-38-18-6-14(25)13(5-16(18)27)20-33-34-21(40-20)17-8-35-7-11(24(28,29)30)4-15(26)19(35)32-17/h4-8,12,36H,9-10H2,1-3H3,(H,31,37). The summed E-state index contributed by atoms with van der Waals surface area (Å²) in [4.78, 5) is 16.2. The van der Waals surface area contributed by atoms with Gasteiger partial charge in [-0.25, -0.2) is 14.2 Å². The summed E-state index contributed by atoms with van der Waals surface area (Å²) in [7, 11) is 0. The summed E-state index contributed by atoms with van der Waals surface area (Å²) in [6.45, 7) is 4.26. The van der Waals surface area contributed by atoms with Crippen molar-refractivity contribution in [3.63, 3.8) is 0 Å². The molecule has 0 aliphatic heterocycles. The highest BCUT2D eigenvalue weighted by Crippen LogP contribution is 2.38. The number of alkyl halides is 3. The average molecular weight is 622 g/mol. The van der Waals surface area contributed by atoms with E-state index in [1.165, 1.54) is 12.3 Å². The number of carbonyl (C=O) groups is 1. The number of ether oxygens (including phenoxy) is 2. The second-order valence-corrected chi connectivity index (χ2v) is 11.2. The van der Waals surface area contributed by atoms with E-state index in [4.69, 9.17) is 32.7 Å². The minimum absolute atomic E-state index is 0.0626. The molecule has 0 radical (unpaired) electrons. The van der Waals surface area contributed by atoms with Gasteiger partial charge in [0.25, 0.3) is 0 Å². The van der Waals surface area contributed by atoms with Crippen LogP contribution < -0.4 is 10.1 Å². The van der Waals surface area contributed by atoms with E-state index < -0.39 is 41.9 Å². The number of aliphatic hydroxyl groups excluding tert-OH is 1. The Labute approximate surface area is 238 Å². The van der Waals surface area contributed by atoms with Gasteiger partial charge in [-0.1, -0.05) is 34.5 Å². The monoisotopic (exact) mass is 621 g/mol. The molecule has 16 heteroatoms. The first-order chi connectivity index (χ1) is 18.6. The van der Waals surface area contributed by atoms with Crippen molar-refractivity contribution in [3.8, 4) is 27.0 Å². The molecule has 214 valence electrons. The third kappa shape index (κ3) is 6.92. The highest BCUT2D eigenvalue weighted by Gasteiger charge is 2.32. The van der Waals surface area contributed by atoms with Crippen LogP contribution in [0.3, 0.4) is 0 Å². The van der Waals surface area contributed by atoms with Crippen molar-refractivity contribution in [1.82, 2.24) is 24.9 Å². The molecular formula is C24H21Cl2F4N5O4S. The summed E-state index contributed by atoms with van der Waals surface area (Å²) in [5, 5.41) is 20.3. The first-order valence-corrected chi connectivity index (χ1v) is 13.0. The summed E-state index contributed by atoms with van der Waals surface area (Å²) in [5.74, 6) is -1.04. The largest absolute Gasteiger partial charge is 0.488 e. The maximum atomic E-state index is 14.9. The lowest BCUT2D eigenvalue weighted by Crippen LogP contribution is -2.44. The van der Waals surface area contributed by atoms with Crippen LogP contribution in [-0.2, 0) is 10.9 Å². The molecule has 0 fully saturated rings. The molecule has 2 N–H and O–H groups in total. The number of fused-ring (bicyclic) bond motifs is 1. The van der Waals surface area contributed by atoms with Gasteiger partial charge in [0.2, 0.25) is 0 Å². The highest BCUT2D eigenvalue weighted by atomic mass is 35.5. The van der Waals surface area contributed by atoms with Crippen LogP contribution in [0.1, 0.15) is 26.3 Å². The van der Waals surface area contributed by atoms with Gasteiger partial charge in [0.05, 0.1) is 28.3 Å². The number of aliphatic hydroxyl groups is 1. The molecule has 1 amide bonds. The second kappa shape index (κ2) is 11.4. The Bertz CT molecular complexity index is 1550. The normalized spacial score (nSPS) is 12.9. The van der Waals surface area contributed by atoms with E-state index in [1.54, 1.807) is 20.8 Å². The van der Waals surface area contributed by atoms with Gasteiger partial charge < -0.3 is 24.3 Å². The van der Waals surface area contributed by atoms with Crippen molar-refractivity contribution in [3.05, 3.63) is 52.0 Å². The lowest BCUT2D eigenvalue weighted by Gasteiger charge is -2.23. The summed E-state index contributed by atoms with van der Waals surface area (Å²) < 4.78 is 65.9. The number of rotatable bonds is 7. The molecule has 0 saturated carbocycles. The van der Waals surface area contributed by atoms with E-state index in [2.05, 4.69) is 20.5 Å². The summed E-state index contributed by atoms with van der Waals surface area (Å²) in [6, 6.07) is 2.18. The number of amides is 1. The van der Waals surface area contributed by atoms with Crippen LogP contribution in [-0.4, -0.2) is 55.6 Å². The van der Waals surface area contributed by atoms with Gasteiger partial charge in [-0.3, -0.25) is 0 Å². The SMILES string of the molecule is CC(C)(C)OC(=O)NC(CO)COc1cc(Cl)c(-c2nnc(-c3cn4cc(C(F)(F)F)cc(Cl)c4n3)s2)cc1F. The fourth-order valence-corrected chi connectivity index (χ4v) is 4.74. The molecule has 0 aliphatic rings. The van der Waals surface area contributed by atoms with Gasteiger partial charge in [0.15, 0.2) is 22.2 Å². The van der Waals surface area contributed by atoms with Crippen LogP contribution in [0.2, 0.25) is 10.0 Å². The highest BCUT2D eigenvalue weighted by molar-refractivity contribution is 7.18. The maximum absolute atomic E-state index is 14.9. The number of nitrogens with zero attached hydrogens (tertiary/aromatic N) is 4. The fourth-order valence-electron chi connectivity index (χ4n) is 3.36. The molecule has 3 heterocycles. The van der Waals surface area contributed by atoms with E-state index in [9.17, 15) is 27.5 Å². The van der Waals surface area contributed by atoms with Gasteiger partial charge >= 0.3 is 12.3 Å². The van der Waals surface area contributed by atoms with Gasteiger partial charge in [-0.05, 0) is 32.9 Å². The van der Waals surface area contributed by atoms with E-state index >= 15 is 0 Å². The predicted molar refractivity (Wildman–Crippen MR) is 140 cm³/mol. The predicted octanol–water partition coefficient (Wildman–Crippen LogP) is 6.25. The van der Waals surface area contributed by atoms with Crippen LogP contribution in [0.15, 0.2) is 30.6 Å². The molecular weight excluding hydrogens is 601 g/mol. The number of benzene rings is 1. The smallest absolute Gasteiger partial charge is 0.417 e. The first-order valence-electron chi connectivity index (χ1n) is 11.5. The van der Waals surface area contributed by atoms with E-state index in [-0.39, 0.29) is 49.3 Å². The van der Waals surface area contributed by atoms with Crippen molar-refractivity contribution in [2.75, 3.05) is 13.2 Å². The Morgan fingerprint density at radius 3 is 2.48 bits per heavy atom. The minimum atomic E-state index is -4.59. The molecule has 0 spiro atoms. The molecule has 1 unspecified atom stereocenters. The van der Waals surface area contributed by atoms with Crippen LogP contribution >= 0.6 is 34.5 Å². The van der Waals surface area contributed by atoms with Gasteiger partial charge in [0, 0.05) is 24.0 Å². The molecule has 0 aliphatic carbocycles. The molecule has 3 aromatic heterocycles. The lowest BCUT2D eigenvalue weighted by atomic mass is 10.2. The Morgan fingerprint density at radius 2 is 1.82 bits per heavy atom. The first kappa shape index (κ1) is 29.8. The molecule has 1 aromatic carbocycles. The molecule has 0 bridgehead atoms. The number of hydrogen-bond donors (Lipinski definition) is 2. The number of hydrogen-bond acceptors (Lipinski definition) is 8. The van der Waals surface area contributed by atoms with Crippen molar-refractivity contribution < 1.29 is 36.9 Å². The zero-order chi connectivity index (χ0) is 29.4. The summed E-state index contributed by atoms with van der Waals surface area (Å²) >= 11 is 13.3. The number of imidazole rings is 1. The van der Waals surface area contributed by atoms with Crippen molar-refractivity contribution >= 4 is 46.3 Å². The average Bonchev–Trinajstić information content (AvgIpc) is 3.49. The Morgan fingerprint density at radius 1 is 1.12 bits per heavy atom. The van der Waals surface area contributed by atoms with Crippen LogP contribution in [0, 0.1) is 5.82 Å². The Hall–Kier alpha value is -3.20. The second-order valence-electron chi connectivity index (χ2n) is 9.44. The number of carbonyl (C=O) groups excluding carboxylic acids is 1. The fraction of sp³-hybridized carbons (Fsp3) is 0.333. The van der Waals surface area contributed by atoms with Gasteiger partial charge in [0.1, 0.15) is 22.9 Å². The maximum Gasteiger partial charge on any atom is 0.417 e. The van der Waals surface area contributed by atoms with Crippen LogP contribution in [0.25, 0.3) is 26.9 Å². The number of nitrogens with one attached hydrogen (secondary N) is 1. The molecule has 9 nitrogen and oxygen atoms in total. The number of aromatic nitrogens is 4. The zero-order valence-corrected chi connectivity index (χ0v) is 23.3. The van der Waals surface area contributed by atoms with Crippen LogP contribution in [0.5, 0.6) is 5.75 Å². The zero-order valence-electron chi connectivity index (χ0n) is 21.0. The minimum Gasteiger partial charge on any atom is -0.488 e. The lowest BCUT2D eigenvalue weighted by molar-refractivity contribution is -0.137. The van der Waals surface area contributed by atoms with Crippen molar-refractivity contribution in [2.45, 2.75) is 38.6 Å². The number of pyridine rings is 1. The molecule has 4 rings (SSSR count).